The Balaban J connectivity index is 2.52. The molecule has 106 valence electrons. The zero-order chi connectivity index (χ0) is 14.7. The molecule has 0 aliphatic carbocycles. The summed E-state index contributed by atoms with van der Waals surface area (Å²) in [5, 5.41) is 0. The van der Waals surface area contributed by atoms with Crippen molar-refractivity contribution >= 4 is 38.5 Å². The van der Waals surface area contributed by atoms with Crippen molar-refractivity contribution < 1.29 is 9.47 Å². The number of H-pyrrole nitrogens is 1. The average Bonchev–Trinajstić information content (AvgIpc) is 2.43. The number of halogens is 2. The Morgan fingerprint density at radius 1 is 1.40 bits per heavy atom. The van der Waals surface area contributed by atoms with Gasteiger partial charge < -0.3 is 14.5 Å². The van der Waals surface area contributed by atoms with Gasteiger partial charge in [-0.05, 0) is 56.7 Å². The maximum Gasteiger partial charge on any atom is 0.264 e. The predicted molar refractivity (Wildman–Crippen MR) is 88.0 cm³/mol. The molecule has 0 bridgehead atoms. The summed E-state index contributed by atoms with van der Waals surface area (Å²) in [6, 6.07) is 5.50. The Kier molecular flexibility index (Phi) is 5.17. The third-order valence-corrected chi connectivity index (χ3v) is 4.37. The lowest BCUT2D eigenvalue weighted by molar-refractivity contribution is 0.180. The molecule has 2 aromatic rings. The van der Waals surface area contributed by atoms with E-state index < -0.39 is 0 Å². The van der Waals surface area contributed by atoms with Crippen LogP contribution in [0.2, 0.25) is 0 Å². The van der Waals surface area contributed by atoms with Gasteiger partial charge in [0.1, 0.15) is 15.1 Å². The van der Waals surface area contributed by atoms with Gasteiger partial charge >= 0.3 is 0 Å². The number of nitrogens with zero attached hydrogens (tertiary/aromatic N) is 1. The fourth-order valence-corrected chi connectivity index (χ4v) is 2.64. The van der Waals surface area contributed by atoms with Crippen molar-refractivity contribution in [3.05, 3.63) is 42.3 Å². The van der Waals surface area contributed by atoms with Gasteiger partial charge in [-0.15, -0.1) is 0 Å². The van der Waals surface area contributed by atoms with Crippen molar-refractivity contribution in [2.24, 2.45) is 0 Å². The molecular formula is C13H12BrIN2O3. The van der Waals surface area contributed by atoms with Gasteiger partial charge in [-0.2, -0.15) is 0 Å². The van der Waals surface area contributed by atoms with E-state index in [-0.39, 0.29) is 5.56 Å². The van der Waals surface area contributed by atoms with Crippen LogP contribution in [0.4, 0.5) is 0 Å². The summed E-state index contributed by atoms with van der Waals surface area (Å²) in [6.45, 7) is 0.298. The van der Waals surface area contributed by atoms with E-state index in [4.69, 9.17) is 9.47 Å². The number of aromatic amines is 1. The summed E-state index contributed by atoms with van der Waals surface area (Å²) in [5.41, 5.74) is 1.25. The molecule has 0 unspecified atom stereocenters. The molecule has 0 aliphatic heterocycles. The van der Waals surface area contributed by atoms with Crippen molar-refractivity contribution in [1.29, 1.82) is 0 Å². The maximum atomic E-state index is 11.9. The Morgan fingerprint density at radius 3 is 2.75 bits per heavy atom. The maximum absolute atomic E-state index is 11.9. The summed E-state index contributed by atoms with van der Waals surface area (Å²) < 4.78 is 11.6. The number of hydrogen-bond donors (Lipinski definition) is 1. The lowest BCUT2D eigenvalue weighted by Crippen LogP contribution is -2.16. The van der Waals surface area contributed by atoms with Crippen LogP contribution in [0.1, 0.15) is 5.69 Å². The first-order valence-corrected chi connectivity index (χ1v) is 7.55. The third kappa shape index (κ3) is 3.21. The van der Waals surface area contributed by atoms with E-state index >= 15 is 0 Å². The van der Waals surface area contributed by atoms with E-state index in [1.54, 1.807) is 14.2 Å². The number of ether oxygens (including phenoxy) is 2. The van der Waals surface area contributed by atoms with Crippen molar-refractivity contribution in [1.82, 2.24) is 9.97 Å². The molecular weight excluding hydrogens is 439 g/mol. The minimum Gasteiger partial charge on any atom is -0.496 e. The quantitative estimate of drug-likeness (QED) is 0.727. The molecule has 0 atom stereocenters. The van der Waals surface area contributed by atoms with Crippen LogP contribution in [0.5, 0.6) is 5.75 Å². The molecule has 0 saturated carbocycles. The van der Waals surface area contributed by atoms with E-state index in [1.165, 1.54) is 0 Å². The van der Waals surface area contributed by atoms with Crippen molar-refractivity contribution in [3.63, 3.8) is 0 Å². The van der Waals surface area contributed by atoms with Gasteiger partial charge in [-0.1, -0.05) is 0 Å². The highest BCUT2D eigenvalue weighted by Crippen LogP contribution is 2.29. The molecule has 7 heteroatoms. The standard InChI is InChI=1S/C13H12BrIN2O3/c1-19-6-9-11(15)13(18)17-12(16-9)7-3-4-10(20-2)8(14)5-7/h3-5H,6H2,1-2H3,(H,16,17,18). The Bertz CT molecular complexity index is 688. The molecule has 20 heavy (non-hydrogen) atoms. The number of hydrogen-bond acceptors (Lipinski definition) is 4. The van der Waals surface area contributed by atoms with Crippen LogP contribution in [-0.4, -0.2) is 24.2 Å². The zero-order valence-electron chi connectivity index (χ0n) is 10.9. The van der Waals surface area contributed by atoms with Crippen LogP contribution in [-0.2, 0) is 11.3 Å². The number of rotatable bonds is 4. The molecule has 1 heterocycles. The second kappa shape index (κ2) is 6.68. The van der Waals surface area contributed by atoms with Crippen LogP contribution in [0.25, 0.3) is 11.4 Å². The minimum absolute atomic E-state index is 0.172. The van der Waals surface area contributed by atoms with Crippen molar-refractivity contribution in [2.45, 2.75) is 6.61 Å². The molecule has 0 fully saturated rings. The highest BCUT2D eigenvalue weighted by Gasteiger charge is 2.11. The molecule has 0 spiro atoms. The van der Waals surface area contributed by atoms with Crippen LogP contribution in [0.15, 0.2) is 27.5 Å². The Morgan fingerprint density at radius 2 is 2.15 bits per heavy atom. The molecule has 1 aromatic carbocycles. The summed E-state index contributed by atoms with van der Waals surface area (Å²) in [5.74, 6) is 1.23. The predicted octanol–water partition coefficient (Wildman–Crippen LogP) is 2.96. The van der Waals surface area contributed by atoms with Crippen molar-refractivity contribution in [3.8, 4) is 17.1 Å². The van der Waals surface area contributed by atoms with E-state index in [0.717, 1.165) is 15.8 Å². The lowest BCUT2D eigenvalue weighted by Gasteiger charge is -2.08. The van der Waals surface area contributed by atoms with Crippen LogP contribution in [0, 0.1) is 3.57 Å². The molecule has 5 nitrogen and oxygen atoms in total. The van der Waals surface area contributed by atoms with E-state index in [1.807, 2.05) is 40.8 Å². The minimum atomic E-state index is -0.172. The summed E-state index contributed by atoms with van der Waals surface area (Å²) in [7, 11) is 3.17. The molecule has 1 N–H and O–H groups in total. The van der Waals surface area contributed by atoms with Gasteiger partial charge in [-0.25, -0.2) is 4.98 Å². The summed E-state index contributed by atoms with van der Waals surface area (Å²) in [4.78, 5) is 19.1. The van der Waals surface area contributed by atoms with Gasteiger partial charge in [-0.3, -0.25) is 4.79 Å². The normalized spacial score (nSPS) is 10.6. The molecule has 0 aliphatic rings. The van der Waals surface area contributed by atoms with E-state index in [0.29, 0.717) is 21.7 Å². The monoisotopic (exact) mass is 450 g/mol. The first-order valence-electron chi connectivity index (χ1n) is 5.68. The highest BCUT2D eigenvalue weighted by molar-refractivity contribution is 14.1. The molecule has 0 saturated heterocycles. The smallest absolute Gasteiger partial charge is 0.264 e. The SMILES string of the molecule is COCc1nc(-c2ccc(OC)c(Br)c2)[nH]c(=O)c1I. The first-order chi connectivity index (χ1) is 9.56. The molecule has 0 amide bonds. The van der Waals surface area contributed by atoms with Crippen LogP contribution < -0.4 is 10.3 Å². The fourth-order valence-electron chi connectivity index (χ4n) is 1.69. The van der Waals surface area contributed by atoms with E-state index in [9.17, 15) is 4.79 Å². The zero-order valence-corrected chi connectivity index (χ0v) is 14.6. The number of aromatic nitrogens is 2. The van der Waals surface area contributed by atoms with Crippen LogP contribution >= 0.6 is 38.5 Å². The average molecular weight is 451 g/mol. The molecule has 0 radical (unpaired) electrons. The van der Waals surface area contributed by atoms with E-state index in [2.05, 4.69) is 25.9 Å². The third-order valence-electron chi connectivity index (χ3n) is 2.64. The second-order valence-electron chi connectivity index (χ2n) is 3.96. The number of benzene rings is 1. The van der Waals surface area contributed by atoms with Gasteiger partial charge in [0, 0.05) is 12.7 Å². The summed E-state index contributed by atoms with van der Waals surface area (Å²) >= 11 is 5.38. The van der Waals surface area contributed by atoms with Gasteiger partial charge in [0.15, 0.2) is 0 Å². The number of methoxy groups -OCH3 is 2. The van der Waals surface area contributed by atoms with Gasteiger partial charge in [0.25, 0.3) is 5.56 Å². The molecule has 2 rings (SSSR count). The Hall–Kier alpha value is -0.930. The van der Waals surface area contributed by atoms with Crippen LogP contribution in [0.3, 0.4) is 0 Å². The largest absolute Gasteiger partial charge is 0.496 e. The van der Waals surface area contributed by atoms with Gasteiger partial charge in [0.2, 0.25) is 0 Å². The van der Waals surface area contributed by atoms with Crippen molar-refractivity contribution in [2.75, 3.05) is 14.2 Å². The topological polar surface area (TPSA) is 64.2 Å². The highest BCUT2D eigenvalue weighted by atomic mass is 127. The van der Waals surface area contributed by atoms with Gasteiger partial charge in [0.05, 0.1) is 23.9 Å². The lowest BCUT2D eigenvalue weighted by atomic mass is 10.2. The first kappa shape index (κ1) is 15.5. The Labute approximate surface area is 138 Å². The fraction of sp³-hybridized carbons (Fsp3) is 0.231. The number of nitrogens with one attached hydrogen (secondary N) is 1. The molecule has 1 aromatic heterocycles. The summed E-state index contributed by atoms with van der Waals surface area (Å²) in [6.07, 6.45) is 0. The second-order valence-corrected chi connectivity index (χ2v) is 5.89.